The van der Waals surface area contributed by atoms with Gasteiger partial charge in [0.15, 0.2) is 0 Å². The van der Waals surface area contributed by atoms with Crippen molar-refractivity contribution in [2.75, 3.05) is 11.9 Å². The summed E-state index contributed by atoms with van der Waals surface area (Å²) in [5.41, 5.74) is 0.639. The van der Waals surface area contributed by atoms with Crippen LogP contribution in [0.3, 0.4) is 0 Å². The average molecular weight is 184 g/mol. The summed E-state index contributed by atoms with van der Waals surface area (Å²) in [6.07, 6.45) is 1.67. The molecule has 1 rings (SSSR count). The molecule has 0 fully saturated rings. The molecule has 72 valence electrons. The highest BCUT2D eigenvalue weighted by atomic mass is 19.1. The summed E-state index contributed by atoms with van der Waals surface area (Å²) in [5.74, 6) is -0.518. The van der Waals surface area contributed by atoms with E-state index in [0.29, 0.717) is 18.7 Å². The second-order valence-corrected chi connectivity index (χ2v) is 2.81. The number of aliphatic hydroxyl groups is 1. The maximum absolute atomic E-state index is 12.6. The number of aliphatic hydroxyl groups excluding tert-OH is 1. The van der Waals surface area contributed by atoms with Crippen LogP contribution in [-0.4, -0.2) is 22.7 Å². The fourth-order valence-corrected chi connectivity index (χ4v) is 0.892. The molecule has 1 atom stereocenters. The summed E-state index contributed by atoms with van der Waals surface area (Å²) < 4.78 is 12.6. The monoisotopic (exact) mass is 184 g/mol. The molecule has 0 saturated carbocycles. The standard InChI is InChI=1S/C9H13FN2O/c1-2-8(13)6-12-7-3-4-11-9(10)5-7/h3-5,8,13H,2,6H2,1H3,(H,11,12). The molecule has 1 aromatic heterocycles. The molecule has 0 radical (unpaired) electrons. The van der Waals surface area contributed by atoms with Crippen molar-refractivity contribution in [1.29, 1.82) is 0 Å². The Kier molecular flexibility index (Phi) is 3.64. The number of hydrogen-bond acceptors (Lipinski definition) is 3. The minimum Gasteiger partial charge on any atom is -0.391 e. The maximum atomic E-state index is 12.6. The van der Waals surface area contributed by atoms with Gasteiger partial charge in [0, 0.05) is 24.5 Å². The maximum Gasteiger partial charge on any atom is 0.214 e. The van der Waals surface area contributed by atoms with Crippen molar-refractivity contribution in [3.05, 3.63) is 24.3 Å². The first-order chi connectivity index (χ1) is 6.22. The number of nitrogens with one attached hydrogen (secondary N) is 1. The van der Waals surface area contributed by atoms with Crippen molar-refractivity contribution in [2.24, 2.45) is 0 Å². The molecule has 0 aromatic carbocycles. The van der Waals surface area contributed by atoms with Gasteiger partial charge in [-0.05, 0) is 12.5 Å². The smallest absolute Gasteiger partial charge is 0.214 e. The average Bonchev–Trinajstić information content (AvgIpc) is 2.14. The number of aromatic nitrogens is 1. The lowest BCUT2D eigenvalue weighted by molar-refractivity contribution is 0.183. The lowest BCUT2D eigenvalue weighted by Gasteiger charge is -2.09. The Morgan fingerprint density at radius 1 is 1.69 bits per heavy atom. The van der Waals surface area contributed by atoms with Gasteiger partial charge in [-0.25, -0.2) is 4.98 Å². The van der Waals surface area contributed by atoms with E-state index in [9.17, 15) is 9.50 Å². The molecular formula is C9H13FN2O. The Bertz CT molecular complexity index is 268. The van der Waals surface area contributed by atoms with E-state index in [0.717, 1.165) is 0 Å². The molecule has 0 saturated heterocycles. The normalized spacial score (nSPS) is 12.5. The van der Waals surface area contributed by atoms with Gasteiger partial charge in [0.1, 0.15) is 0 Å². The van der Waals surface area contributed by atoms with E-state index in [1.165, 1.54) is 12.3 Å². The Hall–Kier alpha value is -1.16. The van der Waals surface area contributed by atoms with Crippen molar-refractivity contribution in [1.82, 2.24) is 4.98 Å². The van der Waals surface area contributed by atoms with Crippen LogP contribution >= 0.6 is 0 Å². The van der Waals surface area contributed by atoms with E-state index in [1.807, 2.05) is 6.92 Å². The van der Waals surface area contributed by atoms with Gasteiger partial charge in [0.05, 0.1) is 6.10 Å². The van der Waals surface area contributed by atoms with Gasteiger partial charge < -0.3 is 10.4 Å². The second kappa shape index (κ2) is 4.77. The molecule has 4 heteroatoms. The van der Waals surface area contributed by atoms with Gasteiger partial charge in [0.25, 0.3) is 0 Å². The lowest BCUT2D eigenvalue weighted by atomic mass is 10.3. The summed E-state index contributed by atoms with van der Waals surface area (Å²) in [6.45, 7) is 2.32. The van der Waals surface area contributed by atoms with Crippen LogP contribution in [0.1, 0.15) is 13.3 Å². The first kappa shape index (κ1) is 9.92. The molecule has 3 nitrogen and oxygen atoms in total. The molecule has 0 spiro atoms. The van der Waals surface area contributed by atoms with E-state index < -0.39 is 12.1 Å². The van der Waals surface area contributed by atoms with E-state index in [1.54, 1.807) is 6.07 Å². The highest BCUT2D eigenvalue weighted by Crippen LogP contribution is 2.06. The first-order valence-corrected chi connectivity index (χ1v) is 4.26. The fourth-order valence-electron chi connectivity index (χ4n) is 0.892. The highest BCUT2D eigenvalue weighted by Gasteiger charge is 2.00. The summed E-state index contributed by atoms with van der Waals surface area (Å²) in [7, 11) is 0. The van der Waals surface area contributed by atoms with Gasteiger partial charge in [-0.2, -0.15) is 4.39 Å². The largest absolute Gasteiger partial charge is 0.391 e. The number of rotatable bonds is 4. The Morgan fingerprint density at radius 2 is 2.46 bits per heavy atom. The zero-order valence-electron chi connectivity index (χ0n) is 7.50. The summed E-state index contributed by atoms with van der Waals surface area (Å²) in [5, 5.41) is 12.1. The van der Waals surface area contributed by atoms with Gasteiger partial charge in [-0.3, -0.25) is 0 Å². The molecule has 13 heavy (non-hydrogen) atoms. The van der Waals surface area contributed by atoms with Crippen LogP contribution in [0.25, 0.3) is 0 Å². The SMILES string of the molecule is CCC(O)CNc1ccnc(F)c1. The molecule has 0 aliphatic carbocycles. The van der Waals surface area contributed by atoms with Crippen LogP contribution in [0.15, 0.2) is 18.3 Å². The topological polar surface area (TPSA) is 45.1 Å². The van der Waals surface area contributed by atoms with Crippen molar-refractivity contribution < 1.29 is 9.50 Å². The Morgan fingerprint density at radius 3 is 3.08 bits per heavy atom. The quantitative estimate of drug-likeness (QED) is 0.695. The van der Waals surface area contributed by atoms with E-state index >= 15 is 0 Å². The predicted octanol–water partition coefficient (Wildman–Crippen LogP) is 1.40. The van der Waals surface area contributed by atoms with Crippen LogP contribution in [0.4, 0.5) is 10.1 Å². The van der Waals surface area contributed by atoms with Gasteiger partial charge in [-0.1, -0.05) is 6.92 Å². The number of anilines is 1. The minimum absolute atomic E-state index is 0.392. The third kappa shape index (κ3) is 3.38. The van der Waals surface area contributed by atoms with Crippen molar-refractivity contribution in [2.45, 2.75) is 19.4 Å². The van der Waals surface area contributed by atoms with Crippen molar-refractivity contribution >= 4 is 5.69 Å². The molecule has 0 aliphatic rings. The molecule has 0 aliphatic heterocycles. The molecule has 1 heterocycles. The van der Waals surface area contributed by atoms with Crippen LogP contribution in [0.5, 0.6) is 0 Å². The second-order valence-electron chi connectivity index (χ2n) is 2.81. The number of hydrogen-bond donors (Lipinski definition) is 2. The van der Waals surface area contributed by atoms with Crippen molar-refractivity contribution in [3.8, 4) is 0 Å². The summed E-state index contributed by atoms with van der Waals surface area (Å²) >= 11 is 0. The Balaban J connectivity index is 2.45. The molecule has 1 unspecified atom stereocenters. The number of halogens is 1. The molecule has 2 N–H and O–H groups in total. The molecule has 0 bridgehead atoms. The van der Waals surface area contributed by atoms with E-state index in [-0.39, 0.29) is 0 Å². The van der Waals surface area contributed by atoms with Gasteiger partial charge in [0.2, 0.25) is 5.95 Å². The van der Waals surface area contributed by atoms with Crippen LogP contribution in [0.2, 0.25) is 0 Å². The fraction of sp³-hybridized carbons (Fsp3) is 0.444. The third-order valence-electron chi connectivity index (χ3n) is 1.74. The van der Waals surface area contributed by atoms with Crippen molar-refractivity contribution in [3.63, 3.8) is 0 Å². The van der Waals surface area contributed by atoms with Crippen LogP contribution < -0.4 is 5.32 Å². The summed E-state index contributed by atoms with van der Waals surface area (Å²) in [6, 6.07) is 2.95. The lowest BCUT2D eigenvalue weighted by Crippen LogP contribution is -2.18. The predicted molar refractivity (Wildman–Crippen MR) is 49.0 cm³/mol. The minimum atomic E-state index is -0.518. The van der Waals surface area contributed by atoms with Gasteiger partial charge in [-0.15, -0.1) is 0 Å². The van der Waals surface area contributed by atoms with Crippen LogP contribution in [-0.2, 0) is 0 Å². The zero-order valence-corrected chi connectivity index (χ0v) is 7.50. The number of nitrogens with zero attached hydrogens (tertiary/aromatic N) is 1. The third-order valence-corrected chi connectivity index (χ3v) is 1.74. The summed E-state index contributed by atoms with van der Waals surface area (Å²) in [4.78, 5) is 3.42. The first-order valence-electron chi connectivity index (χ1n) is 4.26. The van der Waals surface area contributed by atoms with Gasteiger partial charge >= 0.3 is 0 Å². The zero-order chi connectivity index (χ0) is 9.68. The molecular weight excluding hydrogens is 171 g/mol. The van der Waals surface area contributed by atoms with Crippen LogP contribution in [0, 0.1) is 5.95 Å². The van der Waals surface area contributed by atoms with E-state index in [4.69, 9.17) is 0 Å². The highest BCUT2D eigenvalue weighted by molar-refractivity contribution is 5.41. The number of pyridine rings is 1. The van der Waals surface area contributed by atoms with E-state index in [2.05, 4.69) is 10.3 Å². The molecule has 1 aromatic rings. The molecule has 0 amide bonds. The Labute approximate surface area is 76.6 Å².